The topological polar surface area (TPSA) is 73.4 Å². The number of H-pyrrole nitrogens is 1. The zero-order valence-electron chi connectivity index (χ0n) is 14.2. The molecule has 1 amide bonds. The predicted molar refractivity (Wildman–Crippen MR) is 96.4 cm³/mol. The molecular formula is C20H24N2O3. The fourth-order valence-electron chi connectivity index (χ4n) is 3.50. The van der Waals surface area contributed by atoms with Crippen molar-refractivity contribution in [1.82, 2.24) is 9.88 Å². The number of carbonyl (C=O) groups is 1. The highest BCUT2D eigenvalue weighted by atomic mass is 16.3. The molecule has 0 unspecified atom stereocenters. The second-order valence-corrected chi connectivity index (χ2v) is 6.61. The van der Waals surface area contributed by atoms with Gasteiger partial charge in [0.1, 0.15) is 0 Å². The highest BCUT2D eigenvalue weighted by Gasteiger charge is 2.28. The summed E-state index contributed by atoms with van der Waals surface area (Å²) in [6.45, 7) is 0.664. The van der Waals surface area contributed by atoms with Crippen LogP contribution < -0.4 is 5.56 Å². The summed E-state index contributed by atoms with van der Waals surface area (Å²) in [5.41, 5.74) is 1.00. The van der Waals surface area contributed by atoms with Crippen LogP contribution in [0, 0.1) is 0 Å². The molecule has 1 saturated heterocycles. The molecular weight excluding hydrogens is 316 g/mol. The minimum Gasteiger partial charge on any atom is -0.388 e. The van der Waals surface area contributed by atoms with Gasteiger partial charge in [-0.1, -0.05) is 43.2 Å². The van der Waals surface area contributed by atoms with E-state index in [1.165, 1.54) is 12.3 Å². The maximum Gasteiger partial charge on any atom is 0.254 e. The summed E-state index contributed by atoms with van der Waals surface area (Å²) in [5, 5.41) is 10.6. The number of carbonyl (C=O) groups excluding carboxylic acids is 1. The fourth-order valence-corrected chi connectivity index (χ4v) is 3.50. The molecule has 2 N–H and O–H groups in total. The van der Waals surface area contributed by atoms with Gasteiger partial charge in [-0.3, -0.25) is 9.59 Å². The van der Waals surface area contributed by atoms with Gasteiger partial charge in [-0.05, 0) is 30.9 Å². The van der Waals surface area contributed by atoms with Crippen molar-refractivity contribution in [3.8, 4) is 0 Å². The van der Waals surface area contributed by atoms with Crippen molar-refractivity contribution in [2.75, 3.05) is 6.54 Å². The van der Waals surface area contributed by atoms with Crippen molar-refractivity contribution < 1.29 is 9.90 Å². The molecule has 5 nitrogen and oxygen atoms in total. The van der Waals surface area contributed by atoms with E-state index in [0.29, 0.717) is 18.5 Å². The Kier molecular flexibility index (Phi) is 5.66. The van der Waals surface area contributed by atoms with Crippen LogP contribution >= 0.6 is 0 Å². The lowest BCUT2D eigenvalue weighted by atomic mass is 9.97. The number of hydrogen-bond donors (Lipinski definition) is 2. The number of nitrogens with zero attached hydrogens (tertiary/aromatic N) is 1. The van der Waals surface area contributed by atoms with Gasteiger partial charge in [0.15, 0.2) is 0 Å². The van der Waals surface area contributed by atoms with Crippen LogP contribution in [0.5, 0.6) is 0 Å². The summed E-state index contributed by atoms with van der Waals surface area (Å²) in [4.78, 5) is 28.8. The van der Waals surface area contributed by atoms with E-state index in [2.05, 4.69) is 4.98 Å². The predicted octanol–water partition coefficient (Wildman–Crippen LogP) is 2.88. The Bertz CT molecular complexity index is 757. The Morgan fingerprint density at radius 1 is 1.20 bits per heavy atom. The van der Waals surface area contributed by atoms with Crippen LogP contribution in [0.4, 0.5) is 0 Å². The van der Waals surface area contributed by atoms with Gasteiger partial charge >= 0.3 is 0 Å². The highest BCUT2D eigenvalue weighted by molar-refractivity contribution is 5.94. The van der Waals surface area contributed by atoms with Gasteiger partial charge < -0.3 is 15.0 Å². The molecule has 132 valence electrons. The molecule has 0 spiro atoms. The summed E-state index contributed by atoms with van der Waals surface area (Å²) in [5.74, 6) is -0.127. The van der Waals surface area contributed by atoms with Crippen molar-refractivity contribution in [1.29, 1.82) is 0 Å². The van der Waals surface area contributed by atoms with Crippen LogP contribution in [0.15, 0.2) is 53.5 Å². The van der Waals surface area contributed by atoms with Gasteiger partial charge in [0.05, 0.1) is 6.10 Å². The van der Waals surface area contributed by atoms with E-state index in [9.17, 15) is 14.7 Å². The van der Waals surface area contributed by atoms with Crippen LogP contribution in [0.1, 0.15) is 54.1 Å². The SMILES string of the molecule is O=C(c1cc[nH]c(=O)c1)N1CCCCC[C@@H]1C[C@H](O)c1ccccc1. The Morgan fingerprint density at radius 3 is 2.76 bits per heavy atom. The van der Waals surface area contributed by atoms with Crippen molar-refractivity contribution in [2.24, 2.45) is 0 Å². The molecule has 2 aromatic rings. The first-order chi connectivity index (χ1) is 12.1. The second-order valence-electron chi connectivity index (χ2n) is 6.61. The molecule has 5 heteroatoms. The molecule has 2 atom stereocenters. The maximum atomic E-state index is 12.9. The minimum atomic E-state index is -0.598. The normalized spacial score (nSPS) is 19.2. The van der Waals surface area contributed by atoms with Crippen LogP contribution in [-0.4, -0.2) is 33.5 Å². The Hall–Kier alpha value is -2.40. The molecule has 0 aliphatic carbocycles. The Balaban J connectivity index is 1.79. The number of likely N-dealkylation sites (tertiary alicyclic amines) is 1. The lowest BCUT2D eigenvalue weighted by molar-refractivity contribution is 0.0587. The number of aromatic amines is 1. The number of benzene rings is 1. The van der Waals surface area contributed by atoms with E-state index in [0.717, 1.165) is 31.2 Å². The number of aliphatic hydroxyl groups is 1. The average Bonchev–Trinajstić information content (AvgIpc) is 2.87. The number of hydrogen-bond acceptors (Lipinski definition) is 3. The van der Waals surface area contributed by atoms with E-state index >= 15 is 0 Å². The highest BCUT2D eigenvalue weighted by Crippen LogP contribution is 2.27. The first-order valence-corrected chi connectivity index (χ1v) is 8.88. The molecule has 1 aliphatic heterocycles. The first kappa shape index (κ1) is 17.4. The van der Waals surface area contributed by atoms with Crippen LogP contribution in [0.25, 0.3) is 0 Å². The summed E-state index contributed by atoms with van der Waals surface area (Å²) < 4.78 is 0. The van der Waals surface area contributed by atoms with Gasteiger partial charge in [0.2, 0.25) is 5.56 Å². The number of pyridine rings is 1. The number of rotatable bonds is 4. The van der Waals surface area contributed by atoms with Crippen molar-refractivity contribution in [3.05, 3.63) is 70.1 Å². The van der Waals surface area contributed by atoms with Gasteiger partial charge in [-0.25, -0.2) is 0 Å². The van der Waals surface area contributed by atoms with Crippen molar-refractivity contribution in [3.63, 3.8) is 0 Å². The molecule has 0 saturated carbocycles. The third-order valence-electron chi connectivity index (χ3n) is 4.84. The summed E-state index contributed by atoms with van der Waals surface area (Å²) in [6, 6.07) is 12.5. The van der Waals surface area contributed by atoms with E-state index in [4.69, 9.17) is 0 Å². The van der Waals surface area contributed by atoms with Crippen molar-refractivity contribution in [2.45, 2.75) is 44.2 Å². The molecule has 1 aliphatic rings. The van der Waals surface area contributed by atoms with Gasteiger partial charge in [0, 0.05) is 30.4 Å². The molecule has 1 aromatic heterocycles. The summed E-state index contributed by atoms with van der Waals surface area (Å²) >= 11 is 0. The smallest absolute Gasteiger partial charge is 0.254 e. The molecule has 25 heavy (non-hydrogen) atoms. The zero-order chi connectivity index (χ0) is 17.6. The average molecular weight is 340 g/mol. The molecule has 0 bridgehead atoms. The maximum absolute atomic E-state index is 12.9. The summed E-state index contributed by atoms with van der Waals surface area (Å²) in [6.07, 6.45) is 5.37. The van der Waals surface area contributed by atoms with Crippen molar-refractivity contribution >= 4 is 5.91 Å². The van der Waals surface area contributed by atoms with E-state index in [1.807, 2.05) is 35.2 Å². The largest absolute Gasteiger partial charge is 0.388 e. The third kappa shape index (κ3) is 4.37. The lowest BCUT2D eigenvalue weighted by Crippen LogP contribution is -2.41. The number of aromatic nitrogens is 1. The lowest BCUT2D eigenvalue weighted by Gasteiger charge is -2.31. The van der Waals surface area contributed by atoms with Gasteiger partial charge in [-0.2, -0.15) is 0 Å². The van der Waals surface area contributed by atoms with E-state index in [1.54, 1.807) is 6.07 Å². The summed E-state index contributed by atoms with van der Waals surface area (Å²) in [7, 11) is 0. The molecule has 1 aromatic carbocycles. The standard InChI is InChI=1S/C20H24N2O3/c23-18(15-7-3-1-4-8-15)14-17-9-5-2-6-12-22(17)20(25)16-10-11-21-19(24)13-16/h1,3-4,7-8,10-11,13,17-18,23H,2,5-6,9,12,14H2,(H,21,24)/t17-,18+/m1/s1. The monoisotopic (exact) mass is 340 g/mol. The van der Waals surface area contributed by atoms with Crippen LogP contribution in [0.3, 0.4) is 0 Å². The fraction of sp³-hybridized carbons (Fsp3) is 0.400. The van der Waals surface area contributed by atoms with Crippen LogP contribution in [-0.2, 0) is 0 Å². The van der Waals surface area contributed by atoms with E-state index in [-0.39, 0.29) is 17.5 Å². The minimum absolute atomic E-state index is 0.0236. The second kappa shape index (κ2) is 8.12. The van der Waals surface area contributed by atoms with Gasteiger partial charge in [-0.15, -0.1) is 0 Å². The van der Waals surface area contributed by atoms with E-state index < -0.39 is 6.10 Å². The number of amides is 1. The first-order valence-electron chi connectivity index (χ1n) is 8.88. The third-order valence-corrected chi connectivity index (χ3v) is 4.84. The molecule has 1 fully saturated rings. The Labute approximate surface area is 147 Å². The number of nitrogens with one attached hydrogen (secondary N) is 1. The quantitative estimate of drug-likeness (QED) is 0.899. The van der Waals surface area contributed by atoms with Gasteiger partial charge in [0.25, 0.3) is 5.91 Å². The number of aliphatic hydroxyl groups excluding tert-OH is 1. The molecule has 2 heterocycles. The Morgan fingerprint density at radius 2 is 2.00 bits per heavy atom. The zero-order valence-corrected chi connectivity index (χ0v) is 14.2. The molecule has 0 radical (unpaired) electrons. The molecule has 3 rings (SSSR count). The van der Waals surface area contributed by atoms with Crippen LogP contribution in [0.2, 0.25) is 0 Å².